The number of alkyl halides is 2. The van der Waals surface area contributed by atoms with Crippen molar-refractivity contribution in [2.45, 2.75) is 19.9 Å². The van der Waals surface area contributed by atoms with E-state index in [9.17, 15) is 13.6 Å². The average Bonchev–Trinajstić information content (AvgIpc) is 3.16. The molecule has 8 heteroatoms. The van der Waals surface area contributed by atoms with Gasteiger partial charge >= 0.3 is 0 Å². The SMILES string of the molecule is Cc1ccc(-c2cc(C(F)F)n3ncc(C(=O)NCc4cccnc4)c3n2)cc1. The summed E-state index contributed by atoms with van der Waals surface area (Å²) in [6.45, 7) is 2.19. The van der Waals surface area contributed by atoms with Crippen LogP contribution in [0.3, 0.4) is 0 Å². The van der Waals surface area contributed by atoms with E-state index in [4.69, 9.17) is 0 Å². The molecule has 1 N–H and O–H groups in total. The molecule has 0 fully saturated rings. The molecule has 0 atom stereocenters. The lowest BCUT2D eigenvalue weighted by atomic mass is 10.1. The van der Waals surface area contributed by atoms with Crippen LogP contribution >= 0.6 is 0 Å². The first-order valence-corrected chi connectivity index (χ1v) is 8.94. The normalized spacial score (nSPS) is 11.2. The van der Waals surface area contributed by atoms with E-state index >= 15 is 0 Å². The van der Waals surface area contributed by atoms with Gasteiger partial charge in [0.05, 0.1) is 11.9 Å². The molecule has 6 nitrogen and oxygen atoms in total. The van der Waals surface area contributed by atoms with Crippen LogP contribution in [0.5, 0.6) is 0 Å². The first-order chi connectivity index (χ1) is 14.0. The van der Waals surface area contributed by atoms with E-state index in [0.29, 0.717) is 11.3 Å². The molecule has 3 aromatic heterocycles. The van der Waals surface area contributed by atoms with Crippen LogP contribution in [0.2, 0.25) is 0 Å². The number of carbonyl (C=O) groups excluding carboxylic acids is 1. The highest BCUT2D eigenvalue weighted by molar-refractivity contribution is 5.99. The maximum Gasteiger partial charge on any atom is 0.280 e. The predicted octanol–water partition coefficient (Wildman–Crippen LogP) is 3.97. The molecule has 1 amide bonds. The lowest BCUT2D eigenvalue weighted by Crippen LogP contribution is -2.23. The number of carbonyl (C=O) groups is 1. The van der Waals surface area contributed by atoms with Crippen LogP contribution in [0.25, 0.3) is 16.9 Å². The fourth-order valence-corrected chi connectivity index (χ4v) is 2.95. The van der Waals surface area contributed by atoms with Gasteiger partial charge in [-0.15, -0.1) is 0 Å². The molecule has 0 spiro atoms. The van der Waals surface area contributed by atoms with E-state index in [1.807, 2.05) is 37.3 Å². The smallest absolute Gasteiger partial charge is 0.280 e. The second kappa shape index (κ2) is 7.75. The summed E-state index contributed by atoms with van der Waals surface area (Å²) in [5.74, 6) is -0.447. The van der Waals surface area contributed by atoms with E-state index in [0.717, 1.165) is 15.6 Å². The standard InChI is InChI=1S/C21H17F2N5O/c1-13-4-6-15(7-5-13)17-9-18(19(22)23)28-20(27-17)16(12-26-28)21(29)25-11-14-3-2-8-24-10-14/h2-10,12,19H,11H2,1H3,(H,25,29). The van der Waals surface area contributed by atoms with Crippen molar-refractivity contribution < 1.29 is 13.6 Å². The summed E-state index contributed by atoms with van der Waals surface area (Å²) in [4.78, 5) is 21.1. The van der Waals surface area contributed by atoms with E-state index in [-0.39, 0.29) is 23.4 Å². The van der Waals surface area contributed by atoms with Crippen molar-refractivity contribution in [2.75, 3.05) is 0 Å². The molecule has 0 unspecified atom stereocenters. The molecule has 0 aliphatic carbocycles. The van der Waals surface area contributed by atoms with Gasteiger partial charge in [-0.05, 0) is 24.6 Å². The van der Waals surface area contributed by atoms with Gasteiger partial charge in [-0.3, -0.25) is 9.78 Å². The van der Waals surface area contributed by atoms with E-state index in [2.05, 4.69) is 20.4 Å². The van der Waals surface area contributed by atoms with Crippen molar-refractivity contribution in [2.24, 2.45) is 0 Å². The van der Waals surface area contributed by atoms with Gasteiger partial charge in [-0.25, -0.2) is 18.3 Å². The Morgan fingerprint density at radius 1 is 1.17 bits per heavy atom. The number of benzene rings is 1. The number of pyridine rings is 1. The highest BCUT2D eigenvalue weighted by atomic mass is 19.3. The zero-order chi connectivity index (χ0) is 20.4. The number of aryl methyl sites for hydroxylation is 1. The van der Waals surface area contributed by atoms with Crippen molar-refractivity contribution >= 4 is 11.6 Å². The molecule has 0 saturated carbocycles. The number of hydrogen-bond acceptors (Lipinski definition) is 4. The van der Waals surface area contributed by atoms with Crippen molar-refractivity contribution in [3.05, 3.63) is 83.4 Å². The molecule has 146 valence electrons. The number of halogens is 2. The highest BCUT2D eigenvalue weighted by Gasteiger charge is 2.21. The summed E-state index contributed by atoms with van der Waals surface area (Å²) in [5.41, 5.74) is 2.80. The molecule has 4 aromatic rings. The predicted molar refractivity (Wildman–Crippen MR) is 104 cm³/mol. The zero-order valence-electron chi connectivity index (χ0n) is 15.5. The number of nitrogens with one attached hydrogen (secondary N) is 1. The maximum atomic E-state index is 13.6. The Bertz CT molecular complexity index is 1160. The van der Waals surface area contributed by atoms with Gasteiger partial charge in [-0.1, -0.05) is 35.9 Å². The van der Waals surface area contributed by atoms with E-state index < -0.39 is 12.3 Å². The number of amides is 1. The number of aromatic nitrogens is 4. The van der Waals surface area contributed by atoms with Gasteiger partial charge in [0.25, 0.3) is 12.3 Å². The molecule has 4 rings (SSSR count). The van der Waals surface area contributed by atoms with Crippen LogP contribution < -0.4 is 5.32 Å². The maximum absolute atomic E-state index is 13.6. The Kier molecular flexibility index (Phi) is 4.99. The Hall–Kier alpha value is -3.68. The fourth-order valence-electron chi connectivity index (χ4n) is 2.95. The molecule has 0 aliphatic rings. The zero-order valence-corrected chi connectivity index (χ0v) is 15.5. The second-order valence-corrected chi connectivity index (χ2v) is 6.57. The van der Waals surface area contributed by atoms with Gasteiger partial charge in [0.1, 0.15) is 11.3 Å². The van der Waals surface area contributed by atoms with Crippen LogP contribution in [0.15, 0.2) is 61.1 Å². The van der Waals surface area contributed by atoms with Gasteiger partial charge in [0.2, 0.25) is 0 Å². The fraction of sp³-hybridized carbons (Fsp3) is 0.143. The van der Waals surface area contributed by atoms with Crippen molar-refractivity contribution in [3.8, 4) is 11.3 Å². The molecule has 29 heavy (non-hydrogen) atoms. The van der Waals surface area contributed by atoms with Crippen molar-refractivity contribution in [1.29, 1.82) is 0 Å². The van der Waals surface area contributed by atoms with Gasteiger partial charge in [0.15, 0.2) is 5.65 Å². The number of hydrogen-bond donors (Lipinski definition) is 1. The van der Waals surface area contributed by atoms with Crippen LogP contribution in [0, 0.1) is 6.92 Å². The molecular formula is C21H17F2N5O. The van der Waals surface area contributed by atoms with Gasteiger partial charge < -0.3 is 5.32 Å². The lowest BCUT2D eigenvalue weighted by molar-refractivity contribution is 0.0952. The third-order valence-corrected chi connectivity index (χ3v) is 4.49. The minimum absolute atomic E-state index is 0.0852. The Labute approximate surface area is 165 Å². The van der Waals surface area contributed by atoms with Gasteiger partial charge in [0, 0.05) is 24.5 Å². The summed E-state index contributed by atoms with van der Waals surface area (Å²) in [6, 6.07) is 12.3. The molecule has 0 aliphatic heterocycles. The number of nitrogens with zero attached hydrogens (tertiary/aromatic N) is 4. The van der Waals surface area contributed by atoms with Crippen LogP contribution in [-0.4, -0.2) is 25.5 Å². The minimum atomic E-state index is -2.77. The number of fused-ring (bicyclic) bond motifs is 1. The Morgan fingerprint density at radius 3 is 2.66 bits per heavy atom. The summed E-state index contributed by atoms with van der Waals surface area (Å²) in [5, 5.41) is 6.71. The Morgan fingerprint density at radius 2 is 1.97 bits per heavy atom. The second-order valence-electron chi connectivity index (χ2n) is 6.57. The van der Waals surface area contributed by atoms with Crippen molar-refractivity contribution in [1.82, 2.24) is 24.9 Å². The quantitative estimate of drug-likeness (QED) is 0.557. The molecule has 0 bridgehead atoms. The summed E-state index contributed by atoms with van der Waals surface area (Å²) in [7, 11) is 0. The van der Waals surface area contributed by atoms with E-state index in [1.165, 1.54) is 12.3 Å². The number of rotatable bonds is 5. The largest absolute Gasteiger partial charge is 0.348 e. The monoisotopic (exact) mass is 393 g/mol. The molecule has 1 aromatic carbocycles. The third-order valence-electron chi connectivity index (χ3n) is 4.49. The van der Waals surface area contributed by atoms with Crippen molar-refractivity contribution in [3.63, 3.8) is 0 Å². The minimum Gasteiger partial charge on any atom is -0.348 e. The summed E-state index contributed by atoms with van der Waals surface area (Å²) in [6.07, 6.45) is 1.76. The summed E-state index contributed by atoms with van der Waals surface area (Å²) < 4.78 is 28.3. The summed E-state index contributed by atoms with van der Waals surface area (Å²) >= 11 is 0. The van der Waals surface area contributed by atoms with E-state index in [1.54, 1.807) is 18.5 Å². The first kappa shape index (κ1) is 18.7. The topological polar surface area (TPSA) is 72.2 Å². The lowest BCUT2D eigenvalue weighted by Gasteiger charge is -2.09. The van der Waals surface area contributed by atoms with Crippen LogP contribution in [-0.2, 0) is 6.54 Å². The molecule has 3 heterocycles. The molecule has 0 radical (unpaired) electrons. The molecule has 0 saturated heterocycles. The highest BCUT2D eigenvalue weighted by Crippen LogP contribution is 2.27. The third kappa shape index (κ3) is 3.82. The molecular weight excluding hydrogens is 376 g/mol. The van der Waals surface area contributed by atoms with Crippen LogP contribution in [0.1, 0.15) is 33.6 Å². The average molecular weight is 393 g/mol. The van der Waals surface area contributed by atoms with Gasteiger partial charge in [-0.2, -0.15) is 5.10 Å². The van der Waals surface area contributed by atoms with Crippen LogP contribution in [0.4, 0.5) is 8.78 Å². The Balaban J connectivity index is 1.73. The first-order valence-electron chi connectivity index (χ1n) is 8.94.